The lowest BCUT2D eigenvalue weighted by Gasteiger charge is -2.20. The van der Waals surface area contributed by atoms with Gasteiger partial charge in [0.2, 0.25) is 0 Å². The van der Waals surface area contributed by atoms with Gasteiger partial charge in [-0.05, 0) is 48.9 Å². The van der Waals surface area contributed by atoms with E-state index in [2.05, 4.69) is 0 Å². The van der Waals surface area contributed by atoms with Crippen molar-refractivity contribution in [2.45, 2.75) is 11.8 Å². The number of nitrogens with zero attached hydrogens (tertiary/aromatic N) is 1. The van der Waals surface area contributed by atoms with Crippen LogP contribution in [0.4, 0.5) is 15.8 Å². The van der Waals surface area contributed by atoms with Gasteiger partial charge in [0, 0.05) is 17.8 Å². The van der Waals surface area contributed by atoms with Crippen LogP contribution in [0.3, 0.4) is 0 Å². The molecule has 0 fully saturated rings. The van der Waals surface area contributed by atoms with Crippen molar-refractivity contribution >= 4 is 33.0 Å². The molecule has 0 aliphatic carbocycles. The second-order valence-electron chi connectivity index (χ2n) is 4.57. The predicted molar refractivity (Wildman–Crippen MR) is 82.6 cm³/mol. The van der Waals surface area contributed by atoms with Gasteiger partial charge in [0.1, 0.15) is 5.82 Å². The van der Waals surface area contributed by atoms with Crippen LogP contribution in [0.25, 0.3) is 0 Å². The van der Waals surface area contributed by atoms with Crippen LogP contribution in [0.2, 0.25) is 5.02 Å². The minimum atomic E-state index is -3.82. The first kappa shape index (κ1) is 15.6. The molecule has 4 nitrogen and oxygen atoms in total. The van der Waals surface area contributed by atoms with Crippen molar-refractivity contribution in [2.24, 2.45) is 0 Å². The molecule has 0 aliphatic rings. The van der Waals surface area contributed by atoms with Crippen LogP contribution in [0.5, 0.6) is 0 Å². The van der Waals surface area contributed by atoms with Gasteiger partial charge in [-0.15, -0.1) is 0 Å². The molecule has 0 radical (unpaired) electrons. The lowest BCUT2D eigenvalue weighted by Crippen LogP contribution is -2.26. The van der Waals surface area contributed by atoms with Gasteiger partial charge in [-0.25, -0.2) is 12.8 Å². The summed E-state index contributed by atoms with van der Waals surface area (Å²) in [4.78, 5) is -0.0116. The highest BCUT2D eigenvalue weighted by Gasteiger charge is 2.23. The van der Waals surface area contributed by atoms with E-state index in [0.717, 1.165) is 4.31 Å². The first-order valence-corrected chi connectivity index (χ1v) is 7.85. The van der Waals surface area contributed by atoms with Gasteiger partial charge in [0.25, 0.3) is 10.0 Å². The topological polar surface area (TPSA) is 63.4 Å². The quantitative estimate of drug-likeness (QED) is 0.880. The summed E-state index contributed by atoms with van der Waals surface area (Å²) in [6.07, 6.45) is 0. The van der Waals surface area contributed by atoms with Crippen LogP contribution in [0, 0.1) is 12.7 Å². The molecule has 0 heterocycles. The Hall–Kier alpha value is -1.79. The molecular formula is C14H14ClFN2O2S. The molecule has 2 rings (SSSR count). The molecule has 0 spiro atoms. The number of nitrogen functional groups attached to an aromatic ring is 1. The molecule has 0 saturated heterocycles. The average molecular weight is 329 g/mol. The highest BCUT2D eigenvalue weighted by molar-refractivity contribution is 7.92. The fourth-order valence-corrected chi connectivity index (χ4v) is 3.32. The Morgan fingerprint density at radius 1 is 1.19 bits per heavy atom. The van der Waals surface area contributed by atoms with Crippen LogP contribution in [0.15, 0.2) is 41.3 Å². The number of sulfonamides is 1. The van der Waals surface area contributed by atoms with Crippen LogP contribution in [-0.2, 0) is 10.0 Å². The Balaban J connectivity index is 2.49. The smallest absolute Gasteiger partial charge is 0.264 e. The SMILES string of the molecule is Cc1c(N)cc(S(=O)(=O)N(C)c2ccc(F)cc2)cc1Cl. The summed E-state index contributed by atoms with van der Waals surface area (Å²) in [5, 5.41) is 0.279. The molecule has 0 amide bonds. The van der Waals surface area contributed by atoms with Crippen molar-refractivity contribution < 1.29 is 12.8 Å². The number of hydrogen-bond donors (Lipinski definition) is 1. The first-order chi connectivity index (χ1) is 9.73. The van der Waals surface area contributed by atoms with Gasteiger partial charge in [-0.1, -0.05) is 11.6 Å². The molecule has 0 bridgehead atoms. The molecule has 0 atom stereocenters. The minimum Gasteiger partial charge on any atom is -0.398 e. The monoisotopic (exact) mass is 328 g/mol. The fraction of sp³-hybridized carbons (Fsp3) is 0.143. The fourth-order valence-electron chi connectivity index (χ4n) is 1.77. The third-order valence-corrected chi connectivity index (χ3v) is 5.36. The molecule has 2 aromatic carbocycles. The lowest BCUT2D eigenvalue weighted by atomic mass is 10.2. The molecule has 0 aromatic heterocycles. The maximum absolute atomic E-state index is 12.9. The maximum Gasteiger partial charge on any atom is 0.264 e. The summed E-state index contributed by atoms with van der Waals surface area (Å²) < 4.78 is 39.1. The first-order valence-electron chi connectivity index (χ1n) is 6.03. The highest BCUT2D eigenvalue weighted by Crippen LogP contribution is 2.29. The summed E-state index contributed by atoms with van der Waals surface area (Å²) in [7, 11) is -2.44. The predicted octanol–water partition coefficient (Wildman–Crippen LogP) is 3.19. The molecule has 0 aliphatic heterocycles. The summed E-state index contributed by atoms with van der Waals surface area (Å²) in [6.45, 7) is 1.71. The van der Waals surface area contributed by atoms with E-state index in [4.69, 9.17) is 17.3 Å². The van der Waals surface area contributed by atoms with Crippen LogP contribution >= 0.6 is 11.6 Å². The highest BCUT2D eigenvalue weighted by atomic mass is 35.5. The van der Waals surface area contributed by atoms with Crippen LogP contribution in [0.1, 0.15) is 5.56 Å². The largest absolute Gasteiger partial charge is 0.398 e. The summed E-state index contributed by atoms with van der Waals surface area (Å²) in [5.74, 6) is -0.438. The van der Waals surface area contributed by atoms with Gasteiger partial charge in [-0.3, -0.25) is 4.31 Å². The van der Waals surface area contributed by atoms with E-state index in [1.54, 1.807) is 6.92 Å². The number of anilines is 2. The molecular weight excluding hydrogens is 315 g/mol. The number of halogens is 2. The Labute approximate surface area is 128 Å². The Morgan fingerprint density at radius 3 is 2.29 bits per heavy atom. The van der Waals surface area contributed by atoms with Crippen molar-refractivity contribution in [3.63, 3.8) is 0 Å². The third-order valence-electron chi connectivity index (χ3n) is 3.21. The van der Waals surface area contributed by atoms with Crippen molar-refractivity contribution in [2.75, 3.05) is 17.1 Å². The minimum absolute atomic E-state index is 0.0116. The molecule has 21 heavy (non-hydrogen) atoms. The molecule has 112 valence electrons. The molecule has 2 aromatic rings. The van der Waals surface area contributed by atoms with Crippen LogP contribution < -0.4 is 10.0 Å². The molecule has 2 N–H and O–H groups in total. The van der Waals surface area contributed by atoms with Crippen molar-refractivity contribution in [3.8, 4) is 0 Å². The average Bonchev–Trinajstić information content (AvgIpc) is 2.44. The second kappa shape index (κ2) is 5.54. The van der Waals surface area contributed by atoms with Gasteiger partial charge in [-0.2, -0.15) is 0 Å². The number of benzene rings is 2. The van der Waals surface area contributed by atoms with E-state index in [1.807, 2.05) is 0 Å². The van der Waals surface area contributed by atoms with E-state index < -0.39 is 15.8 Å². The van der Waals surface area contributed by atoms with E-state index in [-0.39, 0.29) is 9.92 Å². The van der Waals surface area contributed by atoms with E-state index in [0.29, 0.717) is 16.9 Å². The van der Waals surface area contributed by atoms with Gasteiger partial charge in [0.05, 0.1) is 10.6 Å². The van der Waals surface area contributed by atoms with Gasteiger partial charge < -0.3 is 5.73 Å². The Kier molecular flexibility index (Phi) is 4.11. The summed E-state index contributed by atoms with van der Waals surface area (Å²) >= 11 is 5.98. The lowest BCUT2D eigenvalue weighted by molar-refractivity contribution is 0.594. The van der Waals surface area contributed by atoms with E-state index in [9.17, 15) is 12.8 Å². The molecule has 0 saturated carbocycles. The standard InChI is InChI=1S/C14H14ClFN2O2S/c1-9-13(15)7-12(8-14(9)17)21(19,20)18(2)11-5-3-10(16)4-6-11/h3-8H,17H2,1-2H3. The third kappa shape index (κ3) is 2.96. The second-order valence-corrected chi connectivity index (χ2v) is 6.94. The summed E-state index contributed by atoms with van der Waals surface area (Å²) in [5.41, 5.74) is 7.02. The number of hydrogen-bond acceptors (Lipinski definition) is 3. The van der Waals surface area contributed by atoms with E-state index in [1.165, 1.54) is 43.4 Å². The zero-order chi connectivity index (χ0) is 15.8. The van der Waals surface area contributed by atoms with Crippen molar-refractivity contribution in [3.05, 3.63) is 52.8 Å². The van der Waals surface area contributed by atoms with E-state index >= 15 is 0 Å². The van der Waals surface area contributed by atoms with Crippen LogP contribution in [-0.4, -0.2) is 15.5 Å². The van der Waals surface area contributed by atoms with Gasteiger partial charge >= 0.3 is 0 Å². The zero-order valence-corrected chi connectivity index (χ0v) is 13.0. The number of nitrogens with two attached hydrogens (primary N) is 1. The van der Waals surface area contributed by atoms with Crippen molar-refractivity contribution in [1.29, 1.82) is 0 Å². The summed E-state index contributed by atoms with van der Waals surface area (Å²) in [6, 6.07) is 7.85. The maximum atomic E-state index is 12.9. The molecule has 7 heteroatoms. The van der Waals surface area contributed by atoms with Gasteiger partial charge in [0.15, 0.2) is 0 Å². The number of rotatable bonds is 3. The Bertz CT molecular complexity index is 753. The normalized spacial score (nSPS) is 11.4. The zero-order valence-electron chi connectivity index (χ0n) is 11.5. The Morgan fingerprint density at radius 2 is 1.76 bits per heavy atom. The van der Waals surface area contributed by atoms with Crippen molar-refractivity contribution in [1.82, 2.24) is 0 Å². The molecule has 0 unspecified atom stereocenters.